The molecule has 2 heterocycles. The highest BCUT2D eigenvalue weighted by molar-refractivity contribution is 5.78. The Morgan fingerprint density at radius 3 is 2.43 bits per heavy atom. The zero-order valence-electron chi connectivity index (χ0n) is 15.7. The van der Waals surface area contributed by atoms with Crippen molar-refractivity contribution in [1.82, 2.24) is 9.80 Å². The summed E-state index contributed by atoms with van der Waals surface area (Å²) in [6, 6.07) is 13.4. The van der Waals surface area contributed by atoms with Gasteiger partial charge in [-0.25, -0.2) is 0 Å². The number of benzene rings is 1. The molecule has 0 aliphatic carbocycles. The van der Waals surface area contributed by atoms with Gasteiger partial charge in [0.15, 0.2) is 0 Å². The molecule has 0 spiro atoms. The zero-order valence-corrected chi connectivity index (χ0v) is 15.7. The van der Waals surface area contributed by atoms with E-state index in [9.17, 15) is 18.0 Å². The van der Waals surface area contributed by atoms with Crippen LogP contribution in [0.25, 0.3) is 0 Å². The molecule has 1 aromatic heterocycles. The normalized spacial score (nSPS) is 16.2. The standard InChI is InChI=1S/C21H25F3N2O2/c22-21(23,24)16-26(14-19-7-4-12-28-19)20(27)15-25-10-8-18(9-11-25)13-17-5-2-1-3-6-17/h1-7,12,18H,8-11,13-16H2. The molecule has 152 valence electrons. The van der Waals surface area contributed by atoms with E-state index in [1.807, 2.05) is 23.1 Å². The Balaban J connectivity index is 1.51. The fourth-order valence-electron chi connectivity index (χ4n) is 3.63. The molecule has 1 aliphatic rings. The van der Waals surface area contributed by atoms with Crippen LogP contribution in [-0.4, -0.2) is 48.1 Å². The molecule has 3 rings (SSSR count). The lowest BCUT2D eigenvalue weighted by Gasteiger charge is -2.33. The summed E-state index contributed by atoms with van der Waals surface area (Å²) in [4.78, 5) is 15.3. The number of carbonyl (C=O) groups is 1. The molecule has 1 amide bonds. The molecule has 1 aliphatic heterocycles. The van der Waals surface area contributed by atoms with Crippen LogP contribution in [0.1, 0.15) is 24.2 Å². The van der Waals surface area contributed by atoms with Gasteiger partial charge in [0.25, 0.3) is 0 Å². The van der Waals surface area contributed by atoms with Crippen molar-refractivity contribution >= 4 is 5.91 Å². The average Bonchev–Trinajstić information content (AvgIpc) is 3.16. The number of furan rings is 1. The van der Waals surface area contributed by atoms with Gasteiger partial charge >= 0.3 is 6.18 Å². The van der Waals surface area contributed by atoms with Crippen molar-refractivity contribution in [3.63, 3.8) is 0 Å². The number of likely N-dealkylation sites (tertiary alicyclic amines) is 1. The highest BCUT2D eigenvalue weighted by atomic mass is 19.4. The van der Waals surface area contributed by atoms with Crippen LogP contribution in [0.5, 0.6) is 0 Å². The SMILES string of the molecule is O=C(CN1CCC(Cc2ccccc2)CC1)N(Cc1ccco1)CC(F)(F)F. The van der Waals surface area contributed by atoms with Gasteiger partial charge in [0.2, 0.25) is 5.91 Å². The lowest BCUT2D eigenvalue weighted by atomic mass is 9.90. The summed E-state index contributed by atoms with van der Waals surface area (Å²) < 4.78 is 43.8. The molecule has 1 aromatic carbocycles. The average molecular weight is 394 g/mol. The summed E-state index contributed by atoms with van der Waals surface area (Å²) in [5.41, 5.74) is 1.30. The fraction of sp³-hybridized carbons (Fsp3) is 0.476. The van der Waals surface area contributed by atoms with Gasteiger partial charge in [-0.05, 0) is 56.0 Å². The minimum absolute atomic E-state index is 0.00878. The van der Waals surface area contributed by atoms with Crippen LogP contribution >= 0.6 is 0 Å². The number of alkyl halides is 3. The second-order valence-electron chi connectivity index (χ2n) is 7.35. The van der Waals surface area contributed by atoms with Gasteiger partial charge in [0, 0.05) is 0 Å². The molecule has 0 atom stereocenters. The van der Waals surface area contributed by atoms with E-state index in [1.54, 1.807) is 12.1 Å². The van der Waals surface area contributed by atoms with E-state index < -0.39 is 18.6 Å². The third-order valence-electron chi connectivity index (χ3n) is 5.08. The number of hydrogen-bond acceptors (Lipinski definition) is 3. The quantitative estimate of drug-likeness (QED) is 0.709. The molecule has 4 nitrogen and oxygen atoms in total. The van der Waals surface area contributed by atoms with Crippen molar-refractivity contribution in [2.45, 2.75) is 32.0 Å². The molecule has 0 unspecified atom stereocenters. The van der Waals surface area contributed by atoms with Crippen molar-refractivity contribution in [3.8, 4) is 0 Å². The topological polar surface area (TPSA) is 36.7 Å². The second kappa shape index (κ2) is 9.28. The van der Waals surface area contributed by atoms with Gasteiger partial charge in [0.05, 0.1) is 19.4 Å². The summed E-state index contributed by atoms with van der Waals surface area (Å²) in [5.74, 6) is 0.373. The Hall–Kier alpha value is -2.28. The predicted octanol–water partition coefficient (Wildman–Crippen LogP) is 4.13. The first-order valence-electron chi connectivity index (χ1n) is 9.52. The van der Waals surface area contributed by atoms with Crippen LogP contribution < -0.4 is 0 Å². The summed E-state index contributed by atoms with van der Waals surface area (Å²) in [5, 5.41) is 0. The number of halogens is 3. The van der Waals surface area contributed by atoms with E-state index >= 15 is 0 Å². The van der Waals surface area contributed by atoms with E-state index in [0.29, 0.717) is 11.7 Å². The number of hydrogen-bond donors (Lipinski definition) is 0. The smallest absolute Gasteiger partial charge is 0.406 e. The number of nitrogens with zero attached hydrogens (tertiary/aromatic N) is 2. The number of amides is 1. The second-order valence-corrected chi connectivity index (χ2v) is 7.35. The van der Waals surface area contributed by atoms with Crippen LogP contribution in [0.4, 0.5) is 13.2 Å². The lowest BCUT2D eigenvalue weighted by molar-refractivity contribution is -0.163. The maximum atomic E-state index is 12.9. The van der Waals surface area contributed by atoms with Gasteiger partial charge in [-0.2, -0.15) is 13.2 Å². The maximum Gasteiger partial charge on any atom is 0.406 e. The number of carbonyl (C=O) groups excluding carboxylic acids is 1. The van der Waals surface area contributed by atoms with Gasteiger partial charge in [-0.1, -0.05) is 30.3 Å². The van der Waals surface area contributed by atoms with Crippen molar-refractivity contribution < 1.29 is 22.4 Å². The van der Waals surface area contributed by atoms with Gasteiger partial charge in [0.1, 0.15) is 12.3 Å². The third kappa shape index (κ3) is 6.41. The zero-order chi connectivity index (χ0) is 20.0. The Morgan fingerprint density at radius 2 is 1.82 bits per heavy atom. The molecule has 2 aromatic rings. The molecule has 0 N–H and O–H groups in total. The van der Waals surface area contributed by atoms with Crippen LogP contribution in [0.2, 0.25) is 0 Å². The first-order chi connectivity index (χ1) is 13.4. The van der Waals surface area contributed by atoms with Crippen molar-refractivity contribution in [2.24, 2.45) is 5.92 Å². The minimum atomic E-state index is -4.44. The molecule has 28 heavy (non-hydrogen) atoms. The summed E-state index contributed by atoms with van der Waals surface area (Å²) in [6.07, 6.45) is -0.158. The summed E-state index contributed by atoms with van der Waals surface area (Å²) >= 11 is 0. The maximum absolute atomic E-state index is 12.9. The van der Waals surface area contributed by atoms with Crippen LogP contribution in [0.15, 0.2) is 53.1 Å². The molecular weight excluding hydrogens is 369 g/mol. The molecule has 1 fully saturated rings. The molecule has 0 saturated carbocycles. The summed E-state index contributed by atoms with van der Waals surface area (Å²) in [6.45, 7) is 0.0232. The van der Waals surface area contributed by atoms with Crippen LogP contribution in [0.3, 0.4) is 0 Å². The van der Waals surface area contributed by atoms with E-state index in [4.69, 9.17) is 4.42 Å². The van der Waals surface area contributed by atoms with Crippen LogP contribution in [-0.2, 0) is 17.8 Å². The van der Waals surface area contributed by atoms with E-state index in [0.717, 1.165) is 37.3 Å². The van der Waals surface area contributed by atoms with Gasteiger partial charge in [-0.3, -0.25) is 9.69 Å². The monoisotopic (exact) mass is 394 g/mol. The number of rotatable bonds is 7. The van der Waals surface area contributed by atoms with Crippen molar-refractivity contribution in [2.75, 3.05) is 26.2 Å². The van der Waals surface area contributed by atoms with E-state index in [-0.39, 0.29) is 13.1 Å². The predicted molar refractivity (Wildman–Crippen MR) is 99.5 cm³/mol. The molecule has 1 saturated heterocycles. The Bertz CT molecular complexity index is 724. The first kappa shape index (κ1) is 20.5. The van der Waals surface area contributed by atoms with Gasteiger partial charge in [-0.15, -0.1) is 0 Å². The minimum Gasteiger partial charge on any atom is -0.467 e. The highest BCUT2D eigenvalue weighted by Crippen LogP contribution is 2.23. The van der Waals surface area contributed by atoms with Crippen molar-refractivity contribution in [1.29, 1.82) is 0 Å². The molecule has 0 radical (unpaired) electrons. The lowest BCUT2D eigenvalue weighted by Crippen LogP contribution is -2.46. The van der Waals surface area contributed by atoms with Crippen LogP contribution in [0, 0.1) is 5.92 Å². The third-order valence-corrected chi connectivity index (χ3v) is 5.08. The largest absolute Gasteiger partial charge is 0.467 e. The highest BCUT2D eigenvalue weighted by Gasteiger charge is 2.34. The Kier molecular flexibility index (Phi) is 6.78. The summed E-state index contributed by atoms with van der Waals surface area (Å²) in [7, 11) is 0. The first-order valence-corrected chi connectivity index (χ1v) is 9.52. The van der Waals surface area contributed by atoms with E-state index in [1.165, 1.54) is 11.8 Å². The van der Waals surface area contributed by atoms with Crippen molar-refractivity contribution in [3.05, 3.63) is 60.1 Å². The van der Waals surface area contributed by atoms with E-state index in [2.05, 4.69) is 12.1 Å². The van der Waals surface area contributed by atoms with Gasteiger partial charge < -0.3 is 9.32 Å². The molecule has 0 bridgehead atoms. The molecular formula is C21H25F3N2O2. The Labute approximate surface area is 162 Å². The number of piperidine rings is 1. The Morgan fingerprint density at radius 1 is 1.11 bits per heavy atom. The fourth-order valence-corrected chi connectivity index (χ4v) is 3.63. The molecule has 7 heteroatoms.